The maximum Gasteiger partial charge on any atom is 0.217 e. The zero-order chi connectivity index (χ0) is 18.7. The number of rotatable bonds is 4. The van der Waals surface area contributed by atoms with Gasteiger partial charge in [0.1, 0.15) is 17.3 Å². The predicted molar refractivity (Wildman–Crippen MR) is 98.8 cm³/mol. The average molecular weight is 365 g/mol. The van der Waals surface area contributed by atoms with Crippen LogP contribution in [0.3, 0.4) is 0 Å². The van der Waals surface area contributed by atoms with Crippen LogP contribution in [0.2, 0.25) is 5.02 Å². The molecule has 1 saturated heterocycles. The molecule has 0 aliphatic carbocycles. The van der Waals surface area contributed by atoms with Crippen molar-refractivity contribution in [2.75, 3.05) is 27.8 Å². The van der Waals surface area contributed by atoms with E-state index in [2.05, 4.69) is 16.6 Å². The van der Waals surface area contributed by atoms with E-state index in [1.165, 1.54) is 7.05 Å². The molecule has 0 bridgehead atoms. The van der Waals surface area contributed by atoms with Crippen LogP contribution in [0.25, 0.3) is 0 Å². The molecule has 134 valence electrons. The molecule has 8 heteroatoms. The summed E-state index contributed by atoms with van der Waals surface area (Å²) in [5.74, 6) is 1.52. The minimum Gasteiger partial charge on any atom is -0.496 e. The minimum absolute atomic E-state index is 0.0704. The number of ketones is 1. The topological polar surface area (TPSA) is 89.5 Å². The Kier molecular flexibility index (Phi) is 5.69. The summed E-state index contributed by atoms with van der Waals surface area (Å²) in [7, 11) is 4.64. The molecule has 0 unspecified atom stereocenters. The van der Waals surface area contributed by atoms with Crippen molar-refractivity contribution in [2.24, 2.45) is 15.7 Å². The molecule has 2 rings (SSSR count). The number of hydrogen-bond donors (Lipinski definition) is 1. The summed E-state index contributed by atoms with van der Waals surface area (Å²) >= 11 is 6.47. The van der Waals surface area contributed by atoms with E-state index in [1.54, 1.807) is 19.1 Å². The molecule has 7 nitrogen and oxygen atoms in total. The predicted octanol–water partition coefficient (Wildman–Crippen LogP) is 1.95. The third-order valence-corrected chi connectivity index (χ3v) is 4.39. The largest absolute Gasteiger partial charge is 0.496 e. The number of Topliss-reactive ketones (excluding diaryl/α,β-unsaturated/α-hetero) is 1. The second-order valence-corrected chi connectivity index (χ2v) is 5.86. The van der Waals surface area contributed by atoms with Crippen LogP contribution in [0.1, 0.15) is 11.1 Å². The molecule has 0 aromatic heterocycles. The van der Waals surface area contributed by atoms with Gasteiger partial charge in [0.25, 0.3) is 0 Å². The average Bonchev–Trinajstić information content (AvgIpc) is 2.85. The maximum absolute atomic E-state index is 12.1. The molecule has 25 heavy (non-hydrogen) atoms. The summed E-state index contributed by atoms with van der Waals surface area (Å²) in [5, 5.41) is 0.460. The number of nitrogens with two attached hydrogens (primary N) is 1. The molecule has 1 aliphatic heterocycles. The van der Waals surface area contributed by atoms with E-state index < -0.39 is 0 Å². The van der Waals surface area contributed by atoms with Crippen molar-refractivity contribution < 1.29 is 14.3 Å². The van der Waals surface area contributed by atoms with Crippen LogP contribution in [-0.2, 0) is 11.3 Å². The quantitative estimate of drug-likeness (QED) is 0.501. The Balaban J connectivity index is 2.46. The molecule has 0 spiro atoms. The minimum atomic E-state index is -0.121. The lowest BCUT2D eigenvalue weighted by atomic mass is 10.1. The van der Waals surface area contributed by atoms with Gasteiger partial charge in [0.15, 0.2) is 5.78 Å². The van der Waals surface area contributed by atoms with Gasteiger partial charge in [0, 0.05) is 19.2 Å². The summed E-state index contributed by atoms with van der Waals surface area (Å²) in [6, 6.07) is 1.82. The van der Waals surface area contributed by atoms with Crippen LogP contribution in [-0.4, -0.2) is 50.3 Å². The monoisotopic (exact) mass is 364 g/mol. The van der Waals surface area contributed by atoms with Gasteiger partial charge in [-0.15, -0.1) is 0 Å². The first-order valence-corrected chi connectivity index (χ1v) is 7.90. The van der Waals surface area contributed by atoms with Gasteiger partial charge < -0.3 is 20.1 Å². The zero-order valence-corrected chi connectivity index (χ0v) is 15.5. The highest BCUT2D eigenvalue weighted by Crippen LogP contribution is 2.38. The number of likely N-dealkylation sites (tertiary alicyclic amines) is 1. The number of carbonyl (C=O) groups excluding carboxylic acids is 1. The van der Waals surface area contributed by atoms with Crippen molar-refractivity contribution in [1.82, 2.24) is 4.90 Å². The number of guanidine groups is 1. The van der Waals surface area contributed by atoms with Crippen molar-refractivity contribution in [3.8, 4) is 11.5 Å². The number of methoxy groups -OCH3 is 2. The molecule has 1 aromatic rings. The second kappa shape index (κ2) is 7.57. The third kappa shape index (κ3) is 3.61. The summed E-state index contributed by atoms with van der Waals surface area (Å²) < 4.78 is 10.8. The van der Waals surface area contributed by atoms with Crippen LogP contribution in [0.5, 0.6) is 11.5 Å². The lowest BCUT2D eigenvalue weighted by molar-refractivity contribution is -0.114. The van der Waals surface area contributed by atoms with E-state index in [-0.39, 0.29) is 18.3 Å². The van der Waals surface area contributed by atoms with E-state index in [1.807, 2.05) is 13.0 Å². The number of nitrogens with zero attached hydrogens (tertiary/aromatic N) is 3. The van der Waals surface area contributed by atoms with Crippen LogP contribution < -0.4 is 15.2 Å². The number of amidine groups is 1. The first kappa shape index (κ1) is 18.8. The number of hydrogen-bond acceptors (Lipinski definition) is 4. The smallest absolute Gasteiger partial charge is 0.217 e. The van der Waals surface area contributed by atoms with Crippen molar-refractivity contribution >= 4 is 29.2 Å². The molecule has 0 atom stereocenters. The maximum atomic E-state index is 12.1. The molecule has 0 saturated carbocycles. The zero-order valence-electron chi connectivity index (χ0n) is 14.7. The Morgan fingerprint density at radius 1 is 1.44 bits per heavy atom. The van der Waals surface area contributed by atoms with Crippen molar-refractivity contribution in [2.45, 2.75) is 13.5 Å². The summed E-state index contributed by atoms with van der Waals surface area (Å²) in [4.78, 5) is 21.8. The first-order valence-electron chi connectivity index (χ1n) is 7.52. The van der Waals surface area contributed by atoms with Crippen LogP contribution >= 0.6 is 11.6 Å². The highest BCUT2D eigenvalue weighted by Gasteiger charge is 2.31. The van der Waals surface area contributed by atoms with Crippen LogP contribution in [0, 0.1) is 6.92 Å². The summed E-state index contributed by atoms with van der Waals surface area (Å²) in [6.07, 6.45) is 0. The van der Waals surface area contributed by atoms with Crippen molar-refractivity contribution in [3.63, 3.8) is 0 Å². The first-order chi connectivity index (χ1) is 11.8. The lowest BCUT2D eigenvalue weighted by Gasteiger charge is -2.21. The van der Waals surface area contributed by atoms with Crippen molar-refractivity contribution in [1.29, 1.82) is 0 Å². The second-order valence-electron chi connectivity index (χ2n) is 5.49. The Morgan fingerprint density at radius 2 is 2.12 bits per heavy atom. The van der Waals surface area contributed by atoms with Gasteiger partial charge in [-0.25, -0.2) is 0 Å². The Bertz CT molecular complexity index is 787. The standard InChI is InChI=1S/C17H21ClN4O3/c1-9-12(23)8-22(16(9)21-17(19)20-3)7-11-6-13(24-4)10(2)15(25-5)14(11)18/h6H,1,7-8H2,2-5H3,(H2,19,20)/b21-16+. The van der Waals surface area contributed by atoms with Gasteiger partial charge in [-0.3, -0.25) is 9.79 Å². The lowest BCUT2D eigenvalue weighted by Crippen LogP contribution is -2.27. The highest BCUT2D eigenvalue weighted by atomic mass is 35.5. The third-order valence-electron chi connectivity index (χ3n) is 3.97. The van der Waals surface area contributed by atoms with Gasteiger partial charge in [-0.1, -0.05) is 18.2 Å². The molecule has 1 fully saturated rings. The number of halogens is 1. The number of carbonyl (C=O) groups is 1. The molecular formula is C17H21ClN4O3. The highest BCUT2D eigenvalue weighted by molar-refractivity contribution is 6.33. The molecule has 0 amide bonds. The molecular weight excluding hydrogens is 344 g/mol. The normalized spacial score (nSPS) is 16.8. The number of aliphatic imine (C=N–C) groups is 2. The van der Waals surface area contributed by atoms with Gasteiger partial charge in [-0.2, -0.15) is 4.99 Å². The molecule has 1 heterocycles. The van der Waals surface area contributed by atoms with E-state index in [4.69, 9.17) is 26.8 Å². The van der Waals surface area contributed by atoms with Gasteiger partial charge in [0.05, 0.1) is 31.4 Å². The Labute approximate surface area is 151 Å². The Morgan fingerprint density at radius 3 is 2.68 bits per heavy atom. The van der Waals surface area contributed by atoms with E-state index in [9.17, 15) is 4.79 Å². The fourth-order valence-corrected chi connectivity index (χ4v) is 2.95. The molecule has 1 aromatic carbocycles. The summed E-state index contributed by atoms with van der Waals surface area (Å²) in [5.41, 5.74) is 7.52. The number of benzene rings is 1. The Hall–Kier alpha value is -2.54. The number of ether oxygens (including phenoxy) is 2. The van der Waals surface area contributed by atoms with E-state index in [0.717, 1.165) is 11.1 Å². The fourth-order valence-electron chi connectivity index (χ4n) is 2.61. The van der Waals surface area contributed by atoms with E-state index >= 15 is 0 Å². The van der Waals surface area contributed by atoms with Crippen molar-refractivity contribution in [3.05, 3.63) is 34.4 Å². The summed E-state index contributed by atoms with van der Waals surface area (Å²) in [6.45, 7) is 6.11. The fraction of sp³-hybridized carbons (Fsp3) is 0.353. The molecule has 1 aliphatic rings. The van der Waals surface area contributed by atoms with Gasteiger partial charge in [0.2, 0.25) is 5.96 Å². The van der Waals surface area contributed by atoms with Crippen LogP contribution in [0.15, 0.2) is 28.2 Å². The molecule has 2 N–H and O–H groups in total. The van der Waals surface area contributed by atoms with Gasteiger partial charge in [-0.05, 0) is 18.6 Å². The van der Waals surface area contributed by atoms with Crippen LogP contribution in [0.4, 0.5) is 0 Å². The molecule has 0 radical (unpaired) electrons. The SMILES string of the molecule is C=C1C(=O)CN(Cc2cc(OC)c(C)c(OC)c2Cl)/C1=N/C(N)=N\C. The van der Waals surface area contributed by atoms with E-state index in [0.29, 0.717) is 34.5 Å². The van der Waals surface area contributed by atoms with Gasteiger partial charge >= 0.3 is 0 Å².